The predicted octanol–water partition coefficient (Wildman–Crippen LogP) is 4.40. The smallest absolute Gasteiger partial charge is 0.264 e. The molecule has 0 aliphatic carbocycles. The minimum atomic E-state index is -4.11. The number of carbonyl (C=O) groups excluding carboxylic acids is 2. The number of amides is 2. The Morgan fingerprint density at radius 2 is 1.64 bits per heavy atom. The molecule has 0 aliphatic rings. The number of rotatable bonds is 10. The van der Waals surface area contributed by atoms with Crippen LogP contribution in [0, 0.1) is 6.92 Å². The Balaban J connectivity index is 2.03. The maximum atomic E-state index is 13.8. The van der Waals surface area contributed by atoms with Crippen molar-refractivity contribution in [3.05, 3.63) is 95.0 Å². The monoisotopic (exact) mass is 527 g/mol. The lowest BCUT2D eigenvalue weighted by atomic mass is 10.1. The van der Waals surface area contributed by atoms with Crippen molar-refractivity contribution in [1.82, 2.24) is 10.2 Å². The molecule has 3 rings (SSSR count). The zero-order valence-electron chi connectivity index (χ0n) is 20.5. The molecule has 36 heavy (non-hydrogen) atoms. The van der Waals surface area contributed by atoms with E-state index < -0.39 is 28.5 Å². The first-order valence-electron chi connectivity index (χ1n) is 11.6. The summed E-state index contributed by atoms with van der Waals surface area (Å²) in [6, 6.07) is 21.0. The van der Waals surface area contributed by atoms with Crippen molar-refractivity contribution >= 4 is 39.1 Å². The van der Waals surface area contributed by atoms with E-state index in [2.05, 4.69) is 5.32 Å². The number of anilines is 1. The van der Waals surface area contributed by atoms with Gasteiger partial charge in [0.15, 0.2) is 0 Å². The first-order valence-corrected chi connectivity index (χ1v) is 13.4. The number of carbonyl (C=O) groups is 2. The molecule has 0 spiro atoms. The number of hydrogen-bond acceptors (Lipinski definition) is 4. The highest BCUT2D eigenvalue weighted by atomic mass is 35.5. The maximum absolute atomic E-state index is 13.8. The van der Waals surface area contributed by atoms with Gasteiger partial charge in [-0.05, 0) is 62.2 Å². The molecule has 1 N–H and O–H groups in total. The third-order valence-corrected chi connectivity index (χ3v) is 7.85. The predicted molar refractivity (Wildman–Crippen MR) is 142 cm³/mol. The standard InChI is InChI=1S/C27H30ClN3O4S/c1-4-29-27(33)21(3)30(18-22-12-9-8-11-20(22)2)26(32)19-31(24-14-10-13-23(28)17-24)36(34,35)25-15-6-5-7-16-25/h5-17,21H,4,18-19H2,1-3H3,(H,29,33). The minimum absolute atomic E-state index is 0.0417. The number of likely N-dealkylation sites (N-methyl/N-ethyl adjacent to an activating group) is 1. The number of aryl methyl sites for hydroxylation is 1. The Kier molecular flexibility index (Phi) is 9.12. The van der Waals surface area contributed by atoms with Gasteiger partial charge >= 0.3 is 0 Å². The first-order chi connectivity index (χ1) is 17.1. The minimum Gasteiger partial charge on any atom is -0.355 e. The van der Waals surface area contributed by atoms with Crippen molar-refractivity contribution in [3.63, 3.8) is 0 Å². The van der Waals surface area contributed by atoms with Gasteiger partial charge in [-0.3, -0.25) is 13.9 Å². The van der Waals surface area contributed by atoms with Gasteiger partial charge in [-0.25, -0.2) is 8.42 Å². The van der Waals surface area contributed by atoms with Crippen LogP contribution in [-0.2, 0) is 26.2 Å². The fraction of sp³-hybridized carbons (Fsp3) is 0.259. The van der Waals surface area contributed by atoms with Gasteiger partial charge in [-0.2, -0.15) is 0 Å². The summed E-state index contributed by atoms with van der Waals surface area (Å²) < 4.78 is 28.3. The highest BCUT2D eigenvalue weighted by Gasteiger charge is 2.32. The van der Waals surface area contributed by atoms with Crippen LogP contribution < -0.4 is 9.62 Å². The van der Waals surface area contributed by atoms with Gasteiger partial charge in [0, 0.05) is 18.1 Å². The van der Waals surface area contributed by atoms with E-state index >= 15 is 0 Å². The fourth-order valence-corrected chi connectivity index (χ4v) is 5.37. The first kappa shape index (κ1) is 27.2. The van der Waals surface area contributed by atoms with Crippen LogP contribution in [0.4, 0.5) is 5.69 Å². The van der Waals surface area contributed by atoms with Crippen molar-refractivity contribution < 1.29 is 18.0 Å². The summed E-state index contributed by atoms with van der Waals surface area (Å²) >= 11 is 6.17. The Hall–Kier alpha value is -3.36. The van der Waals surface area contributed by atoms with Gasteiger partial charge in [0.2, 0.25) is 11.8 Å². The van der Waals surface area contributed by atoms with Crippen molar-refractivity contribution in [2.45, 2.75) is 38.3 Å². The lowest BCUT2D eigenvalue weighted by molar-refractivity contribution is -0.139. The second-order valence-electron chi connectivity index (χ2n) is 8.32. The average molecular weight is 528 g/mol. The summed E-state index contributed by atoms with van der Waals surface area (Å²) in [6.45, 7) is 5.41. The zero-order valence-corrected chi connectivity index (χ0v) is 22.1. The van der Waals surface area contributed by atoms with Crippen LogP contribution in [0.2, 0.25) is 5.02 Å². The summed E-state index contributed by atoms with van der Waals surface area (Å²) in [5.74, 6) is -0.837. The summed E-state index contributed by atoms with van der Waals surface area (Å²) in [6.07, 6.45) is 0. The molecular formula is C27H30ClN3O4S. The van der Waals surface area contributed by atoms with Crippen molar-refractivity contribution in [3.8, 4) is 0 Å². The van der Waals surface area contributed by atoms with Gasteiger partial charge in [-0.1, -0.05) is 60.1 Å². The van der Waals surface area contributed by atoms with E-state index in [1.807, 2.05) is 31.2 Å². The van der Waals surface area contributed by atoms with Crippen LogP contribution in [-0.4, -0.2) is 44.3 Å². The topological polar surface area (TPSA) is 86.8 Å². The molecule has 0 aliphatic heterocycles. The molecule has 9 heteroatoms. The second kappa shape index (κ2) is 12.1. The summed E-state index contributed by atoms with van der Waals surface area (Å²) in [4.78, 5) is 27.9. The molecule has 190 valence electrons. The van der Waals surface area contributed by atoms with E-state index in [4.69, 9.17) is 11.6 Å². The molecule has 3 aromatic rings. The molecule has 0 saturated heterocycles. The summed E-state index contributed by atoms with van der Waals surface area (Å²) in [5, 5.41) is 3.08. The van der Waals surface area contributed by atoms with Crippen LogP contribution in [0.5, 0.6) is 0 Å². The van der Waals surface area contributed by atoms with Crippen LogP contribution in [0.3, 0.4) is 0 Å². The molecule has 0 bridgehead atoms. The van der Waals surface area contributed by atoms with Crippen molar-refractivity contribution in [2.75, 3.05) is 17.4 Å². The molecular weight excluding hydrogens is 498 g/mol. The quantitative estimate of drug-likeness (QED) is 0.423. The van der Waals surface area contributed by atoms with Gasteiger partial charge in [0.1, 0.15) is 12.6 Å². The molecule has 0 fully saturated rings. The third kappa shape index (κ3) is 6.44. The van der Waals surface area contributed by atoms with E-state index in [1.165, 1.54) is 23.1 Å². The average Bonchev–Trinajstić information content (AvgIpc) is 2.86. The van der Waals surface area contributed by atoms with Crippen LogP contribution in [0.15, 0.2) is 83.8 Å². The van der Waals surface area contributed by atoms with Crippen molar-refractivity contribution in [2.24, 2.45) is 0 Å². The summed E-state index contributed by atoms with van der Waals surface area (Å²) in [5.41, 5.74) is 2.07. The number of nitrogens with one attached hydrogen (secondary N) is 1. The maximum Gasteiger partial charge on any atom is 0.264 e. The van der Waals surface area contributed by atoms with Crippen LogP contribution in [0.1, 0.15) is 25.0 Å². The van der Waals surface area contributed by atoms with Crippen molar-refractivity contribution in [1.29, 1.82) is 0 Å². The highest BCUT2D eigenvalue weighted by molar-refractivity contribution is 7.92. The molecule has 3 aromatic carbocycles. The molecule has 1 unspecified atom stereocenters. The Labute approximate surface area is 217 Å². The van der Waals surface area contributed by atoms with Gasteiger partial charge in [-0.15, -0.1) is 0 Å². The lowest BCUT2D eigenvalue weighted by Gasteiger charge is -2.32. The molecule has 0 saturated carbocycles. The Morgan fingerprint density at radius 1 is 0.972 bits per heavy atom. The van der Waals surface area contributed by atoms with E-state index in [-0.39, 0.29) is 23.0 Å². The molecule has 0 radical (unpaired) electrons. The van der Waals surface area contributed by atoms with E-state index in [9.17, 15) is 18.0 Å². The normalized spacial score (nSPS) is 12.0. The zero-order chi connectivity index (χ0) is 26.3. The number of benzene rings is 3. The molecule has 0 aromatic heterocycles. The van der Waals surface area contributed by atoms with Gasteiger partial charge in [0.25, 0.3) is 10.0 Å². The number of hydrogen-bond donors (Lipinski definition) is 1. The molecule has 0 heterocycles. The van der Waals surface area contributed by atoms with Crippen LogP contribution >= 0.6 is 11.6 Å². The SMILES string of the molecule is CCNC(=O)C(C)N(Cc1ccccc1C)C(=O)CN(c1cccc(Cl)c1)S(=O)(=O)c1ccccc1. The Morgan fingerprint density at radius 3 is 2.28 bits per heavy atom. The fourth-order valence-electron chi connectivity index (χ4n) is 3.76. The van der Waals surface area contributed by atoms with E-state index in [0.717, 1.165) is 15.4 Å². The van der Waals surface area contributed by atoms with E-state index in [0.29, 0.717) is 11.6 Å². The number of sulfonamides is 1. The van der Waals surface area contributed by atoms with Crippen LogP contribution in [0.25, 0.3) is 0 Å². The number of nitrogens with zero attached hydrogens (tertiary/aromatic N) is 2. The third-order valence-electron chi connectivity index (χ3n) is 5.83. The van der Waals surface area contributed by atoms with E-state index in [1.54, 1.807) is 50.2 Å². The number of halogens is 1. The van der Waals surface area contributed by atoms with Gasteiger partial charge in [0.05, 0.1) is 10.6 Å². The summed E-state index contributed by atoms with van der Waals surface area (Å²) in [7, 11) is -4.11. The largest absolute Gasteiger partial charge is 0.355 e. The lowest BCUT2D eigenvalue weighted by Crippen LogP contribution is -2.51. The molecule has 2 amide bonds. The molecule has 1 atom stereocenters. The second-order valence-corrected chi connectivity index (χ2v) is 10.6. The van der Waals surface area contributed by atoms with Gasteiger partial charge < -0.3 is 10.2 Å². The molecule has 7 nitrogen and oxygen atoms in total. The Bertz CT molecular complexity index is 1320. The highest BCUT2D eigenvalue weighted by Crippen LogP contribution is 2.27.